The Labute approximate surface area is 92.4 Å². The molecule has 2 unspecified atom stereocenters. The topological polar surface area (TPSA) is 39.1 Å². The van der Waals surface area contributed by atoms with Crippen LogP contribution in [-0.4, -0.2) is 36.6 Å². The van der Waals surface area contributed by atoms with Gasteiger partial charge in [0.05, 0.1) is 6.07 Å². The van der Waals surface area contributed by atoms with E-state index in [0.717, 1.165) is 44.9 Å². The maximum Gasteiger partial charge on any atom is 0.109 e. The molecule has 2 rings (SSSR count). The summed E-state index contributed by atoms with van der Waals surface area (Å²) in [6, 6.07) is 2.61. The molecule has 0 aromatic heterocycles. The average molecular weight is 207 g/mol. The van der Waals surface area contributed by atoms with E-state index in [1.165, 1.54) is 12.8 Å². The lowest BCUT2D eigenvalue weighted by Crippen LogP contribution is -2.54. The van der Waals surface area contributed by atoms with Crippen LogP contribution in [0, 0.1) is 17.2 Å². The molecule has 0 radical (unpaired) electrons. The highest BCUT2D eigenvalue weighted by atomic mass is 15.2. The van der Waals surface area contributed by atoms with Gasteiger partial charge in [0, 0.05) is 26.2 Å². The smallest absolute Gasteiger partial charge is 0.109 e. The summed E-state index contributed by atoms with van der Waals surface area (Å²) in [7, 11) is 0. The van der Waals surface area contributed by atoms with Crippen LogP contribution >= 0.6 is 0 Å². The largest absolute Gasteiger partial charge is 0.314 e. The molecule has 1 saturated carbocycles. The van der Waals surface area contributed by atoms with Crippen LogP contribution in [0.5, 0.6) is 0 Å². The molecule has 3 heteroatoms. The van der Waals surface area contributed by atoms with Crippen molar-refractivity contribution in [2.24, 2.45) is 5.92 Å². The van der Waals surface area contributed by atoms with E-state index in [9.17, 15) is 5.26 Å². The first-order chi connectivity index (χ1) is 7.30. The van der Waals surface area contributed by atoms with Crippen molar-refractivity contribution in [2.45, 2.75) is 38.1 Å². The van der Waals surface area contributed by atoms with Crippen LogP contribution in [0.4, 0.5) is 0 Å². The summed E-state index contributed by atoms with van der Waals surface area (Å²) in [6.45, 7) is 6.42. The fourth-order valence-electron chi connectivity index (χ4n) is 3.03. The molecule has 2 atom stereocenters. The van der Waals surface area contributed by atoms with Crippen LogP contribution < -0.4 is 5.32 Å². The van der Waals surface area contributed by atoms with Crippen LogP contribution in [0.15, 0.2) is 0 Å². The molecular weight excluding hydrogens is 186 g/mol. The first kappa shape index (κ1) is 10.9. The van der Waals surface area contributed by atoms with E-state index >= 15 is 0 Å². The summed E-state index contributed by atoms with van der Waals surface area (Å²) in [4.78, 5) is 2.42. The molecule has 1 heterocycles. The number of hydrogen-bond acceptors (Lipinski definition) is 3. The van der Waals surface area contributed by atoms with E-state index in [0.29, 0.717) is 0 Å². The van der Waals surface area contributed by atoms with Gasteiger partial charge in [-0.2, -0.15) is 5.26 Å². The van der Waals surface area contributed by atoms with E-state index in [1.54, 1.807) is 0 Å². The summed E-state index contributed by atoms with van der Waals surface area (Å²) >= 11 is 0. The normalized spacial score (nSPS) is 37.7. The highest BCUT2D eigenvalue weighted by Crippen LogP contribution is 2.40. The molecule has 3 nitrogen and oxygen atoms in total. The molecule has 2 aliphatic rings. The van der Waals surface area contributed by atoms with Crippen LogP contribution in [0.2, 0.25) is 0 Å². The van der Waals surface area contributed by atoms with Gasteiger partial charge in [-0.15, -0.1) is 0 Å². The van der Waals surface area contributed by atoms with Gasteiger partial charge < -0.3 is 5.32 Å². The fraction of sp³-hybridized carbons (Fsp3) is 0.917. The average Bonchev–Trinajstić information content (AvgIpc) is 2.75. The monoisotopic (exact) mass is 207 g/mol. The fourth-order valence-corrected chi connectivity index (χ4v) is 3.03. The van der Waals surface area contributed by atoms with Crippen molar-refractivity contribution in [1.82, 2.24) is 10.2 Å². The van der Waals surface area contributed by atoms with Crippen LogP contribution in [0.1, 0.15) is 32.6 Å². The highest BCUT2D eigenvalue weighted by Gasteiger charge is 2.43. The standard InChI is InChI=1S/C12H21N3/c1-2-11-3-4-12(9-11,10-13)15-7-5-14-6-8-15/h11,14H,2-9H2,1H3. The van der Waals surface area contributed by atoms with Crippen molar-refractivity contribution in [2.75, 3.05) is 26.2 Å². The van der Waals surface area contributed by atoms with E-state index < -0.39 is 0 Å². The van der Waals surface area contributed by atoms with Crippen molar-refractivity contribution in [1.29, 1.82) is 5.26 Å². The summed E-state index contributed by atoms with van der Waals surface area (Å²) in [6.07, 6.45) is 4.66. The Hall–Kier alpha value is -0.590. The molecule has 1 aliphatic heterocycles. The molecule has 0 aromatic rings. The van der Waals surface area contributed by atoms with Crippen LogP contribution in [0.25, 0.3) is 0 Å². The number of hydrogen-bond donors (Lipinski definition) is 1. The lowest BCUT2D eigenvalue weighted by molar-refractivity contribution is 0.119. The molecule has 15 heavy (non-hydrogen) atoms. The van der Waals surface area contributed by atoms with Gasteiger partial charge in [0.1, 0.15) is 5.54 Å². The quantitative estimate of drug-likeness (QED) is 0.743. The second-order valence-electron chi connectivity index (χ2n) is 4.90. The minimum Gasteiger partial charge on any atom is -0.314 e. The maximum absolute atomic E-state index is 9.47. The third-order valence-electron chi connectivity index (χ3n) is 4.10. The predicted octanol–water partition coefficient (Wildman–Crippen LogP) is 1.36. The van der Waals surface area contributed by atoms with Gasteiger partial charge in [-0.3, -0.25) is 4.90 Å². The molecule has 0 spiro atoms. The first-order valence-electron chi connectivity index (χ1n) is 6.18. The van der Waals surface area contributed by atoms with Crippen molar-refractivity contribution in [3.8, 4) is 6.07 Å². The van der Waals surface area contributed by atoms with Crippen molar-refractivity contribution in [3.63, 3.8) is 0 Å². The number of piperazine rings is 1. The van der Waals surface area contributed by atoms with Gasteiger partial charge in [-0.1, -0.05) is 13.3 Å². The molecule has 1 aliphatic carbocycles. The second-order valence-corrected chi connectivity index (χ2v) is 4.90. The van der Waals surface area contributed by atoms with Gasteiger partial charge in [0.25, 0.3) is 0 Å². The zero-order valence-electron chi connectivity index (χ0n) is 9.63. The van der Waals surface area contributed by atoms with Gasteiger partial charge >= 0.3 is 0 Å². The molecule has 1 saturated heterocycles. The Balaban J connectivity index is 2.05. The second kappa shape index (κ2) is 4.51. The number of nitrogens with zero attached hydrogens (tertiary/aromatic N) is 2. The van der Waals surface area contributed by atoms with Gasteiger partial charge in [0.15, 0.2) is 0 Å². The summed E-state index contributed by atoms with van der Waals surface area (Å²) in [5, 5.41) is 12.8. The Bertz CT molecular complexity index is 252. The SMILES string of the molecule is CCC1CCC(C#N)(N2CCNCC2)C1. The van der Waals surface area contributed by atoms with Crippen molar-refractivity contribution < 1.29 is 0 Å². The third kappa shape index (κ3) is 2.02. The molecular formula is C12H21N3. The Kier molecular flexibility index (Phi) is 3.28. The summed E-state index contributed by atoms with van der Waals surface area (Å²) in [5.74, 6) is 0.777. The lowest BCUT2D eigenvalue weighted by atomic mass is 9.94. The van der Waals surface area contributed by atoms with Gasteiger partial charge in [-0.25, -0.2) is 0 Å². The zero-order chi connectivity index (χ0) is 10.7. The number of nitrogens with one attached hydrogen (secondary N) is 1. The predicted molar refractivity (Wildman–Crippen MR) is 60.4 cm³/mol. The zero-order valence-corrected chi connectivity index (χ0v) is 9.63. The molecule has 1 N–H and O–H groups in total. The lowest BCUT2D eigenvalue weighted by Gasteiger charge is -2.39. The van der Waals surface area contributed by atoms with Crippen molar-refractivity contribution in [3.05, 3.63) is 0 Å². The van der Waals surface area contributed by atoms with Gasteiger partial charge in [0.2, 0.25) is 0 Å². The third-order valence-corrected chi connectivity index (χ3v) is 4.10. The first-order valence-corrected chi connectivity index (χ1v) is 6.18. The minimum absolute atomic E-state index is 0.122. The molecule has 84 valence electrons. The highest BCUT2D eigenvalue weighted by molar-refractivity contribution is 5.13. The summed E-state index contributed by atoms with van der Waals surface area (Å²) < 4.78 is 0. The van der Waals surface area contributed by atoms with E-state index in [-0.39, 0.29) is 5.54 Å². The number of nitriles is 1. The van der Waals surface area contributed by atoms with Gasteiger partial charge in [-0.05, 0) is 25.2 Å². The van der Waals surface area contributed by atoms with E-state index in [1.807, 2.05) is 0 Å². The molecule has 0 amide bonds. The molecule has 0 aromatic carbocycles. The Morgan fingerprint density at radius 1 is 1.47 bits per heavy atom. The number of rotatable bonds is 2. The van der Waals surface area contributed by atoms with E-state index in [2.05, 4.69) is 23.2 Å². The van der Waals surface area contributed by atoms with Crippen LogP contribution in [0.3, 0.4) is 0 Å². The minimum atomic E-state index is -0.122. The molecule has 0 bridgehead atoms. The Morgan fingerprint density at radius 2 is 2.20 bits per heavy atom. The van der Waals surface area contributed by atoms with Crippen molar-refractivity contribution >= 4 is 0 Å². The Morgan fingerprint density at radius 3 is 2.73 bits per heavy atom. The van der Waals surface area contributed by atoms with Crippen LogP contribution in [-0.2, 0) is 0 Å². The molecule has 2 fully saturated rings. The summed E-state index contributed by atoms with van der Waals surface area (Å²) in [5.41, 5.74) is -0.122. The maximum atomic E-state index is 9.47. The van der Waals surface area contributed by atoms with E-state index in [4.69, 9.17) is 0 Å².